The molecule has 0 saturated heterocycles. The van der Waals surface area contributed by atoms with Crippen molar-refractivity contribution in [1.82, 2.24) is 9.78 Å². The summed E-state index contributed by atoms with van der Waals surface area (Å²) in [5.41, 5.74) is 17.9. The zero-order valence-corrected chi connectivity index (χ0v) is 35.2. The van der Waals surface area contributed by atoms with Crippen molar-refractivity contribution >= 4 is 27.8 Å². The van der Waals surface area contributed by atoms with Crippen molar-refractivity contribution in [2.75, 3.05) is 4.90 Å². The summed E-state index contributed by atoms with van der Waals surface area (Å²) in [5.74, 6) is 0. The number of anilines is 3. The quantitative estimate of drug-likeness (QED) is 0.137. The first-order valence-electron chi connectivity index (χ1n) is 21.8. The fraction of sp³-hybridized carbons (Fsp3) is 0. The number of aromatic nitrogens is 2. The zero-order valence-electron chi connectivity index (χ0n) is 35.2. The fourth-order valence-corrected chi connectivity index (χ4v) is 8.85. The first-order valence-corrected chi connectivity index (χ1v) is 21.8. The molecule has 0 saturated carbocycles. The van der Waals surface area contributed by atoms with Crippen molar-refractivity contribution in [3.05, 3.63) is 261 Å². The van der Waals surface area contributed by atoms with Gasteiger partial charge in [0.25, 0.3) is 0 Å². The predicted octanol–water partition coefficient (Wildman–Crippen LogP) is 16.5. The number of benzene rings is 10. The third-order valence-electron chi connectivity index (χ3n) is 12.1. The van der Waals surface area contributed by atoms with Crippen LogP contribution in [0.2, 0.25) is 0 Å². The molecule has 10 aromatic carbocycles. The topological polar surface area (TPSA) is 21.1 Å². The predicted molar refractivity (Wildman–Crippen MR) is 268 cm³/mol. The van der Waals surface area contributed by atoms with E-state index in [9.17, 15) is 0 Å². The smallest absolute Gasteiger partial charge is 0.0934 e. The molecule has 0 aliphatic rings. The van der Waals surface area contributed by atoms with Crippen LogP contribution in [-0.4, -0.2) is 9.78 Å². The second kappa shape index (κ2) is 17.1. The Morgan fingerprint density at radius 3 is 1.31 bits per heavy atom. The van der Waals surface area contributed by atoms with Crippen LogP contribution in [0.3, 0.4) is 0 Å². The molecule has 11 aromatic rings. The van der Waals surface area contributed by atoms with Gasteiger partial charge in [-0.2, -0.15) is 5.10 Å². The highest BCUT2D eigenvalue weighted by atomic mass is 15.3. The maximum Gasteiger partial charge on any atom is 0.0934 e. The molecule has 0 aliphatic heterocycles. The van der Waals surface area contributed by atoms with Crippen LogP contribution in [0, 0.1) is 0 Å². The van der Waals surface area contributed by atoms with Gasteiger partial charge in [0.2, 0.25) is 0 Å². The van der Waals surface area contributed by atoms with Crippen molar-refractivity contribution in [1.29, 1.82) is 0 Å². The lowest BCUT2D eigenvalue weighted by atomic mass is 9.89. The van der Waals surface area contributed by atoms with E-state index in [0.717, 1.165) is 56.4 Å². The van der Waals surface area contributed by atoms with Crippen molar-refractivity contribution < 1.29 is 0 Å². The van der Waals surface area contributed by atoms with E-state index in [1.165, 1.54) is 44.2 Å². The Morgan fingerprint density at radius 2 is 0.719 bits per heavy atom. The van der Waals surface area contributed by atoms with Gasteiger partial charge in [-0.25, -0.2) is 4.68 Å². The monoisotopic (exact) mass is 817 g/mol. The molecular formula is C61H43N3. The summed E-state index contributed by atoms with van der Waals surface area (Å²) < 4.78 is 2.06. The number of hydrogen-bond acceptors (Lipinski definition) is 2. The molecule has 0 fully saturated rings. The van der Waals surface area contributed by atoms with E-state index in [1.807, 2.05) is 6.07 Å². The van der Waals surface area contributed by atoms with Crippen LogP contribution in [0.5, 0.6) is 0 Å². The summed E-state index contributed by atoms with van der Waals surface area (Å²) in [6, 6.07) is 93.0. The van der Waals surface area contributed by atoms with Gasteiger partial charge in [0.15, 0.2) is 0 Å². The molecule has 0 amide bonds. The van der Waals surface area contributed by atoms with Gasteiger partial charge in [-0.1, -0.05) is 200 Å². The third-order valence-corrected chi connectivity index (χ3v) is 12.1. The van der Waals surface area contributed by atoms with E-state index in [2.05, 4.69) is 264 Å². The molecular weight excluding hydrogens is 775 g/mol. The highest BCUT2D eigenvalue weighted by Gasteiger charge is 2.17. The van der Waals surface area contributed by atoms with Crippen LogP contribution >= 0.6 is 0 Å². The average Bonchev–Trinajstić information content (AvgIpc) is 3.84. The summed E-state index contributed by atoms with van der Waals surface area (Å²) in [6.45, 7) is 0. The lowest BCUT2D eigenvalue weighted by Crippen LogP contribution is -2.09. The summed E-state index contributed by atoms with van der Waals surface area (Å²) in [6.07, 6.45) is 0. The molecule has 0 N–H and O–H groups in total. The normalized spacial score (nSPS) is 11.1. The van der Waals surface area contributed by atoms with Crippen LogP contribution in [-0.2, 0) is 0 Å². The molecule has 0 radical (unpaired) electrons. The first kappa shape index (κ1) is 38.4. The molecule has 0 spiro atoms. The van der Waals surface area contributed by atoms with Gasteiger partial charge < -0.3 is 4.90 Å². The average molecular weight is 818 g/mol. The van der Waals surface area contributed by atoms with Gasteiger partial charge in [-0.05, 0) is 116 Å². The Kier molecular flexibility index (Phi) is 10.3. The summed E-state index contributed by atoms with van der Waals surface area (Å²) in [4.78, 5) is 2.33. The molecule has 302 valence electrons. The van der Waals surface area contributed by atoms with E-state index < -0.39 is 0 Å². The third kappa shape index (κ3) is 7.57. The van der Waals surface area contributed by atoms with Crippen LogP contribution in [0.4, 0.5) is 17.1 Å². The molecule has 11 rings (SSSR count). The summed E-state index contributed by atoms with van der Waals surface area (Å²) in [5, 5.41) is 7.63. The second-order valence-electron chi connectivity index (χ2n) is 16.0. The van der Waals surface area contributed by atoms with Gasteiger partial charge in [0, 0.05) is 28.2 Å². The highest BCUT2D eigenvalue weighted by Crippen LogP contribution is 2.41. The molecule has 3 nitrogen and oxygen atoms in total. The highest BCUT2D eigenvalue weighted by molar-refractivity contribution is 5.93. The lowest BCUT2D eigenvalue weighted by Gasteiger charge is -2.26. The van der Waals surface area contributed by atoms with Crippen molar-refractivity contribution in [3.63, 3.8) is 0 Å². The molecule has 0 unspecified atom stereocenters. The Bertz CT molecular complexity index is 3340. The van der Waals surface area contributed by atoms with Gasteiger partial charge in [-0.15, -0.1) is 0 Å². The van der Waals surface area contributed by atoms with Gasteiger partial charge in [-0.3, -0.25) is 0 Å². The maximum absolute atomic E-state index is 5.13. The van der Waals surface area contributed by atoms with Crippen LogP contribution in [0.15, 0.2) is 261 Å². The molecule has 0 aliphatic carbocycles. The van der Waals surface area contributed by atoms with Crippen LogP contribution in [0.1, 0.15) is 0 Å². The van der Waals surface area contributed by atoms with Gasteiger partial charge >= 0.3 is 0 Å². The first-order chi connectivity index (χ1) is 31.7. The van der Waals surface area contributed by atoms with E-state index >= 15 is 0 Å². The number of hydrogen-bond donors (Lipinski definition) is 0. The minimum absolute atomic E-state index is 0.942. The van der Waals surface area contributed by atoms with E-state index in [4.69, 9.17) is 5.10 Å². The Labute approximate surface area is 374 Å². The van der Waals surface area contributed by atoms with E-state index in [-0.39, 0.29) is 0 Å². The van der Waals surface area contributed by atoms with E-state index in [0.29, 0.717) is 0 Å². The van der Waals surface area contributed by atoms with Crippen molar-refractivity contribution in [2.45, 2.75) is 0 Å². The number of para-hydroxylation sites is 1. The van der Waals surface area contributed by atoms with Gasteiger partial charge in [0.1, 0.15) is 0 Å². The molecule has 0 bridgehead atoms. The van der Waals surface area contributed by atoms with Crippen molar-refractivity contribution in [2.24, 2.45) is 0 Å². The minimum Gasteiger partial charge on any atom is -0.311 e. The standard InChI is InChI=1S/C61H43N3/c1-4-17-48(18-5-1)60-43-61(49-19-6-2-7-20-49)64(62-60)55-40-34-47(35-41-55)57-25-13-15-27-59(57)58-26-14-12-24-56(58)46-32-38-54(39-33-46)63(52-22-8-3-9-23-52)53-36-30-45(31-37-53)51-29-28-44-16-10-11-21-50(44)42-51/h1-43H. The summed E-state index contributed by atoms with van der Waals surface area (Å²) in [7, 11) is 0. The Balaban J connectivity index is 0.909. The van der Waals surface area contributed by atoms with E-state index in [1.54, 1.807) is 0 Å². The second-order valence-corrected chi connectivity index (χ2v) is 16.0. The number of rotatable bonds is 10. The van der Waals surface area contributed by atoms with Crippen LogP contribution in [0.25, 0.3) is 83.5 Å². The molecule has 1 aromatic heterocycles. The Hall–Kier alpha value is -8.53. The molecule has 3 heteroatoms. The van der Waals surface area contributed by atoms with Crippen molar-refractivity contribution in [3.8, 4) is 72.7 Å². The number of fused-ring (bicyclic) bond motifs is 1. The summed E-state index contributed by atoms with van der Waals surface area (Å²) >= 11 is 0. The lowest BCUT2D eigenvalue weighted by molar-refractivity contribution is 0.892. The Morgan fingerprint density at radius 1 is 0.281 bits per heavy atom. The molecule has 1 heterocycles. The zero-order chi connectivity index (χ0) is 42.7. The van der Waals surface area contributed by atoms with Crippen LogP contribution < -0.4 is 4.90 Å². The molecule has 0 atom stereocenters. The maximum atomic E-state index is 5.13. The van der Waals surface area contributed by atoms with Gasteiger partial charge in [0.05, 0.1) is 17.1 Å². The fourth-order valence-electron chi connectivity index (χ4n) is 8.85. The number of nitrogens with zero attached hydrogens (tertiary/aromatic N) is 3. The largest absolute Gasteiger partial charge is 0.311 e. The SMILES string of the molecule is c1ccc(-c2cc(-c3ccccc3)n(-c3ccc(-c4ccccc4-c4ccccc4-c4ccc(N(c5ccccc5)c5ccc(-c6ccc7ccccc7c6)cc5)cc4)cc3)n2)cc1. The molecule has 64 heavy (non-hydrogen) atoms. The minimum atomic E-state index is 0.942.